The maximum absolute atomic E-state index is 14.5. The molecule has 9 nitrogen and oxygen atoms in total. The number of methoxy groups -OCH3 is 1. The molecule has 2 fully saturated rings. The number of amides is 3. The van der Waals surface area contributed by atoms with Gasteiger partial charge in [-0.05, 0) is 63.5 Å². The predicted octanol–water partition coefficient (Wildman–Crippen LogP) is 3.57. The molecule has 4 rings (SSSR count). The van der Waals surface area contributed by atoms with E-state index in [1.54, 1.807) is 0 Å². The van der Waals surface area contributed by atoms with E-state index >= 15 is 0 Å². The zero-order chi connectivity index (χ0) is 27.1. The highest BCUT2D eigenvalue weighted by atomic mass is 35.5. The van der Waals surface area contributed by atoms with Crippen LogP contribution in [0.15, 0.2) is 12.1 Å². The van der Waals surface area contributed by atoms with Gasteiger partial charge in [-0.1, -0.05) is 18.5 Å². The van der Waals surface area contributed by atoms with Gasteiger partial charge in [-0.2, -0.15) is 5.26 Å². The summed E-state index contributed by atoms with van der Waals surface area (Å²) in [5.74, 6) is -2.06. The highest BCUT2D eigenvalue weighted by molar-refractivity contribution is 6.33. The summed E-state index contributed by atoms with van der Waals surface area (Å²) in [6.07, 6.45) is 2.95. The Hall–Kier alpha value is -3.32. The smallest absolute Gasteiger partial charge is 0.268 e. The van der Waals surface area contributed by atoms with Crippen molar-refractivity contribution in [3.8, 4) is 11.8 Å². The van der Waals surface area contributed by atoms with E-state index in [1.807, 2.05) is 20.8 Å². The minimum absolute atomic E-state index is 0.0370. The van der Waals surface area contributed by atoms with E-state index in [-0.39, 0.29) is 45.3 Å². The van der Waals surface area contributed by atoms with Crippen LogP contribution in [0.25, 0.3) is 10.9 Å². The van der Waals surface area contributed by atoms with Crippen LogP contribution < -0.4 is 20.7 Å². The molecule has 1 aromatic carbocycles. The van der Waals surface area contributed by atoms with E-state index in [9.17, 15) is 24.0 Å². The molecule has 2 aliphatic rings. The summed E-state index contributed by atoms with van der Waals surface area (Å²) in [7, 11) is 1.39. The lowest BCUT2D eigenvalue weighted by Crippen LogP contribution is -2.50. The Morgan fingerprint density at radius 1 is 1.30 bits per heavy atom. The number of ether oxygens (including phenoxy) is 1. The Morgan fingerprint density at radius 2 is 2.00 bits per heavy atom. The summed E-state index contributed by atoms with van der Waals surface area (Å²) >= 11 is 6.07. The summed E-state index contributed by atoms with van der Waals surface area (Å²) < 4.78 is 19.7. The molecule has 1 saturated heterocycles. The number of H-pyrrole nitrogens is 1. The Morgan fingerprint density at radius 3 is 2.57 bits per heavy atom. The lowest BCUT2D eigenvalue weighted by atomic mass is 9.91. The number of nitrogens with one attached hydrogen (secondary N) is 4. The van der Waals surface area contributed by atoms with Crippen molar-refractivity contribution < 1.29 is 23.5 Å². The fourth-order valence-corrected chi connectivity index (χ4v) is 5.25. The molecule has 3 atom stereocenters. The van der Waals surface area contributed by atoms with Crippen molar-refractivity contribution in [2.75, 3.05) is 7.11 Å². The number of fused-ring (bicyclic) bond motifs is 1. The number of nitrogens with zero attached hydrogens (tertiary/aromatic N) is 1. The van der Waals surface area contributed by atoms with Crippen LogP contribution in [-0.4, -0.2) is 47.4 Å². The second-order valence-corrected chi connectivity index (χ2v) is 11.5. The van der Waals surface area contributed by atoms with Crippen LogP contribution >= 0.6 is 11.6 Å². The van der Waals surface area contributed by atoms with Crippen molar-refractivity contribution in [3.63, 3.8) is 0 Å². The van der Waals surface area contributed by atoms with Crippen molar-refractivity contribution >= 4 is 40.2 Å². The number of carbonyl (C=O) groups is 3. The maximum Gasteiger partial charge on any atom is 0.268 e. The molecular weight excluding hydrogens is 501 g/mol. The van der Waals surface area contributed by atoms with Gasteiger partial charge < -0.3 is 25.7 Å². The highest BCUT2D eigenvalue weighted by Crippen LogP contribution is 2.49. The summed E-state index contributed by atoms with van der Waals surface area (Å²) in [5.41, 5.74) is -0.371. The van der Waals surface area contributed by atoms with Gasteiger partial charge in [0.1, 0.15) is 29.3 Å². The van der Waals surface area contributed by atoms with Crippen LogP contribution in [-0.2, 0) is 9.59 Å². The Kier molecular flexibility index (Phi) is 7.12. The lowest BCUT2D eigenvalue weighted by molar-refractivity contribution is -0.125. The minimum Gasteiger partial charge on any atom is -0.494 e. The van der Waals surface area contributed by atoms with Crippen molar-refractivity contribution in [2.24, 2.45) is 11.3 Å². The lowest BCUT2D eigenvalue weighted by Gasteiger charge is -2.23. The van der Waals surface area contributed by atoms with Crippen LogP contribution in [0.1, 0.15) is 63.4 Å². The van der Waals surface area contributed by atoms with Gasteiger partial charge in [0, 0.05) is 16.8 Å². The van der Waals surface area contributed by atoms with E-state index < -0.39 is 35.6 Å². The molecule has 11 heteroatoms. The predicted molar refractivity (Wildman–Crippen MR) is 136 cm³/mol. The van der Waals surface area contributed by atoms with Crippen LogP contribution in [0.2, 0.25) is 5.02 Å². The first kappa shape index (κ1) is 26.7. The van der Waals surface area contributed by atoms with Crippen molar-refractivity contribution in [2.45, 2.75) is 70.5 Å². The van der Waals surface area contributed by atoms with E-state index in [1.165, 1.54) is 13.2 Å². The number of carbonyl (C=O) groups excluding carboxylic acids is 3. The largest absolute Gasteiger partial charge is 0.494 e. The Labute approximate surface area is 219 Å². The number of aromatic amines is 1. The zero-order valence-corrected chi connectivity index (χ0v) is 22.0. The number of hydrogen-bond acceptors (Lipinski definition) is 5. The second kappa shape index (κ2) is 9.86. The average molecular weight is 532 g/mol. The molecule has 0 radical (unpaired) electrons. The molecule has 0 spiro atoms. The summed E-state index contributed by atoms with van der Waals surface area (Å²) in [6, 6.07) is 2.77. The fourth-order valence-electron chi connectivity index (χ4n) is 4.97. The highest BCUT2D eigenvalue weighted by Gasteiger charge is 2.43. The molecule has 3 amide bonds. The first-order valence-corrected chi connectivity index (χ1v) is 12.6. The molecule has 1 saturated carbocycles. The molecule has 37 heavy (non-hydrogen) atoms. The number of benzene rings is 1. The van der Waals surface area contributed by atoms with Crippen molar-refractivity contribution in [1.82, 2.24) is 20.9 Å². The van der Waals surface area contributed by atoms with Gasteiger partial charge in [-0.25, -0.2) is 4.39 Å². The van der Waals surface area contributed by atoms with Gasteiger partial charge in [0.25, 0.3) is 5.91 Å². The van der Waals surface area contributed by atoms with E-state index in [2.05, 4.69) is 27.0 Å². The maximum atomic E-state index is 14.5. The van der Waals surface area contributed by atoms with E-state index in [0.29, 0.717) is 18.2 Å². The number of nitriles is 1. The molecule has 2 aromatic rings. The Bertz CT molecular complexity index is 1300. The average Bonchev–Trinajstić information content (AvgIpc) is 3.25. The number of aromatic nitrogens is 1. The number of hydrogen-bond donors (Lipinski definition) is 4. The minimum atomic E-state index is -0.925. The number of halogens is 2. The topological polar surface area (TPSA) is 136 Å². The standard InChI is InChI=1S/C26H31ClFN5O4/c1-25(2)10-13(22(34)33-25)7-14(12-29)30-24(36)19(11-26(3)5-6-26)32-23(35)18-8-15-20(31-18)17(28)9-16(27)21(15)37-4/h8-9,13-14,19,31H,5-7,10-11H2,1-4H3,(H,30,36)(H,32,35)(H,33,34). The quantitative estimate of drug-likeness (QED) is 0.392. The molecule has 2 heterocycles. The van der Waals surface area contributed by atoms with E-state index in [4.69, 9.17) is 16.3 Å². The molecule has 4 N–H and O–H groups in total. The van der Waals surface area contributed by atoms with Gasteiger partial charge in [-0.3, -0.25) is 14.4 Å². The molecule has 0 bridgehead atoms. The van der Waals surface area contributed by atoms with Crippen molar-refractivity contribution in [3.05, 3.63) is 28.7 Å². The third-order valence-corrected chi connectivity index (χ3v) is 7.50. The molecule has 3 unspecified atom stereocenters. The normalized spacial score (nSPS) is 21.0. The Balaban J connectivity index is 1.50. The second-order valence-electron chi connectivity index (χ2n) is 11.1. The molecular formula is C26H31ClFN5O4. The SMILES string of the molecule is COc1c(Cl)cc(F)c2[nH]c(C(=O)NC(CC3(C)CC3)C(=O)NC(C#N)CC3CC(C)(C)NC3=O)cc12. The molecule has 1 aliphatic heterocycles. The summed E-state index contributed by atoms with van der Waals surface area (Å²) in [5, 5.41) is 18.4. The number of rotatable bonds is 9. The van der Waals surface area contributed by atoms with Crippen LogP contribution in [0.4, 0.5) is 4.39 Å². The first-order chi connectivity index (χ1) is 17.3. The first-order valence-electron chi connectivity index (χ1n) is 12.2. The third-order valence-electron chi connectivity index (χ3n) is 7.22. The monoisotopic (exact) mass is 531 g/mol. The molecule has 1 aliphatic carbocycles. The van der Waals surface area contributed by atoms with Crippen LogP contribution in [0.5, 0.6) is 5.75 Å². The van der Waals surface area contributed by atoms with Crippen LogP contribution in [0, 0.1) is 28.5 Å². The third kappa shape index (κ3) is 5.82. The van der Waals surface area contributed by atoms with Crippen molar-refractivity contribution in [1.29, 1.82) is 5.26 Å². The van der Waals surface area contributed by atoms with Gasteiger partial charge >= 0.3 is 0 Å². The van der Waals surface area contributed by atoms with E-state index in [0.717, 1.165) is 18.9 Å². The van der Waals surface area contributed by atoms with Gasteiger partial charge in [0.15, 0.2) is 0 Å². The fraction of sp³-hybridized carbons (Fsp3) is 0.538. The van der Waals surface area contributed by atoms with Gasteiger partial charge in [0.2, 0.25) is 11.8 Å². The summed E-state index contributed by atoms with van der Waals surface area (Å²) in [4.78, 5) is 41.4. The molecule has 1 aromatic heterocycles. The molecule has 198 valence electrons. The summed E-state index contributed by atoms with van der Waals surface area (Å²) in [6.45, 7) is 5.84. The zero-order valence-electron chi connectivity index (χ0n) is 21.3. The van der Waals surface area contributed by atoms with Gasteiger partial charge in [-0.15, -0.1) is 0 Å². The van der Waals surface area contributed by atoms with Gasteiger partial charge in [0.05, 0.1) is 23.7 Å². The van der Waals surface area contributed by atoms with Crippen LogP contribution in [0.3, 0.4) is 0 Å².